The fourth-order valence-electron chi connectivity index (χ4n) is 3.71. The average Bonchev–Trinajstić information content (AvgIpc) is 3.26. The molecule has 0 saturated heterocycles. The van der Waals surface area contributed by atoms with Crippen LogP contribution in [0.2, 0.25) is 5.02 Å². The zero-order valence-corrected chi connectivity index (χ0v) is 18.3. The van der Waals surface area contributed by atoms with E-state index in [1.165, 1.54) is 0 Å². The summed E-state index contributed by atoms with van der Waals surface area (Å²) in [5.41, 5.74) is 2.16. The Morgan fingerprint density at radius 3 is 2.79 bits per heavy atom. The van der Waals surface area contributed by atoms with E-state index in [0.29, 0.717) is 27.8 Å². The molecule has 2 heterocycles. The number of carbonyl (C=O) groups is 1. The first-order valence-electron chi connectivity index (χ1n) is 10.3. The highest BCUT2D eigenvalue weighted by molar-refractivity contribution is 6.31. The molecular weight excluding hydrogens is 436 g/mol. The molecule has 6 heteroatoms. The molecule has 5 rings (SSSR count). The first-order valence-corrected chi connectivity index (χ1v) is 10.7. The molecule has 1 N–H and O–H groups in total. The van der Waals surface area contributed by atoms with Crippen LogP contribution in [-0.2, 0) is 0 Å². The number of nitrogens with zero attached hydrogens (tertiary/aromatic N) is 1. The number of aromatic nitrogens is 2. The van der Waals surface area contributed by atoms with E-state index in [1.807, 2.05) is 60.7 Å². The highest BCUT2D eigenvalue weighted by Crippen LogP contribution is 2.30. The monoisotopic (exact) mass is 454 g/mol. The number of ether oxygens (including phenoxy) is 2. The van der Waals surface area contributed by atoms with Crippen LogP contribution in [0.5, 0.6) is 17.2 Å². The van der Waals surface area contributed by atoms with Crippen molar-refractivity contribution in [3.8, 4) is 17.2 Å². The minimum atomic E-state index is -0.131. The lowest BCUT2D eigenvalue weighted by molar-refractivity contribution is 0.0923. The lowest BCUT2D eigenvalue weighted by Gasteiger charge is -2.11. The van der Waals surface area contributed by atoms with Gasteiger partial charge in [0.25, 0.3) is 0 Å². The van der Waals surface area contributed by atoms with Gasteiger partial charge in [0.2, 0.25) is 5.78 Å². The predicted octanol–water partition coefficient (Wildman–Crippen LogP) is 7.07. The van der Waals surface area contributed by atoms with Crippen LogP contribution in [0.4, 0.5) is 0 Å². The summed E-state index contributed by atoms with van der Waals surface area (Å²) in [6.45, 7) is 3.76. The van der Waals surface area contributed by atoms with Gasteiger partial charge in [0.05, 0.1) is 6.20 Å². The van der Waals surface area contributed by atoms with E-state index in [4.69, 9.17) is 21.1 Å². The molecule has 5 aromatic rings. The van der Waals surface area contributed by atoms with Gasteiger partial charge in [-0.2, -0.15) is 0 Å². The fraction of sp³-hybridized carbons (Fsp3) is 0.0370. The number of H-pyrrole nitrogens is 1. The number of carbonyl (C=O) groups excluding carboxylic acids is 1. The maximum absolute atomic E-state index is 12.9. The molecule has 2 aromatic heterocycles. The average molecular weight is 455 g/mol. The summed E-state index contributed by atoms with van der Waals surface area (Å²) in [5.74, 6) is 1.76. The number of hydrogen-bond acceptors (Lipinski definition) is 4. The molecule has 0 amide bonds. The Morgan fingerprint density at radius 1 is 1.06 bits per heavy atom. The number of benzene rings is 3. The molecule has 0 saturated carbocycles. The first kappa shape index (κ1) is 20.8. The minimum Gasteiger partial charge on any atom is -0.485 e. The van der Waals surface area contributed by atoms with Crippen LogP contribution in [0.15, 0.2) is 85.8 Å². The topological polar surface area (TPSA) is 64.2 Å². The quantitative estimate of drug-likeness (QED) is 0.267. The lowest BCUT2D eigenvalue weighted by Crippen LogP contribution is -2.11. The van der Waals surface area contributed by atoms with E-state index >= 15 is 0 Å². The fourth-order valence-corrected chi connectivity index (χ4v) is 3.89. The first-order chi connectivity index (χ1) is 16.1. The zero-order chi connectivity index (χ0) is 22.8. The third-order valence-electron chi connectivity index (χ3n) is 5.33. The van der Waals surface area contributed by atoms with Crippen LogP contribution >= 0.6 is 11.6 Å². The third kappa shape index (κ3) is 4.31. The highest BCUT2D eigenvalue weighted by Gasteiger charge is 2.15. The lowest BCUT2D eigenvalue weighted by atomic mass is 10.1. The van der Waals surface area contributed by atoms with E-state index in [0.717, 1.165) is 27.2 Å². The van der Waals surface area contributed by atoms with Crippen LogP contribution in [0.1, 0.15) is 15.9 Å². The number of hydrogen-bond donors (Lipinski definition) is 1. The summed E-state index contributed by atoms with van der Waals surface area (Å²) >= 11 is 6.10. The SMILES string of the molecule is C=Cc1cc2cc(Cl)ccc2cc1OCC(=O)c1c[nH]c2cc(Oc3cccnc3)ccc12. The molecule has 0 fully saturated rings. The number of fused-ring (bicyclic) bond motifs is 2. The molecule has 33 heavy (non-hydrogen) atoms. The van der Waals surface area contributed by atoms with Gasteiger partial charge in [0.15, 0.2) is 6.61 Å². The van der Waals surface area contributed by atoms with E-state index < -0.39 is 0 Å². The smallest absolute Gasteiger partial charge is 0.202 e. The number of ketones is 1. The second kappa shape index (κ2) is 8.81. The Bertz CT molecular complexity index is 1490. The van der Waals surface area contributed by atoms with Crippen molar-refractivity contribution in [1.29, 1.82) is 0 Å². The predicted molar refractivity (Wildman–Crippen MR) is 131 cm³/mol. The Kier molecular flexibility index (Phi) is 5.55. The van der Waals surface area contributed by atoms with Gasteiger partial charge >= 0.3 is 0 Å². The van der Waals surface area contributed by atoms with Gasteiger partial charge in [0, 0.05) is 45.5 Å². The molecule has 162 valence electrons. The Hall–Kier alpha value is -4.09. The number of rotatable bonds is 7. The van der Waals surface area contributed by atoms with Crippen LogP contribution < -0.4 is 9.47 Å². The van der Waals surface area contributed by atoms with Crippen molar-refractivity contribution in [2.24, 2.45) is 0 Å². The molecule has 0 radical (unpaired) electrons. The van der Waals surface area contributed by atoms with Crippen molar-refractivity contribution in [1.82, 2.24) is 9.97 Å². The number of nitrogens with one attached hydrogen (secondary N) is 1. The van der Waals surface area contributed by atoms with Crippen LogP contribution in [-0.4, -0.2) is 22.4 Å². The van der Waals surface area contributed by atoms with Gasteiger partial charge in [-0.1, -0.05) is 30.3 Å². The standard InChI is InChI=1S/C27H19ClN2O3/c1-2-17-10-19-11-20(28)6-5-18(19)12-27(17)32-16-26(31)24-15-30-25-13-21(7-8-23(24)25)33-22-4-3-9-29-14-22/h2-15,30H,1,16H2. The molecule has 0 bridgehead atoms. The van der Waals surface area contributed by atoms with Crippen molar-refractivity contribution in [2.45, 2.75) is 0 Å². The third-order valence-corrected chi connectivity index (χ3v) is 5.57. The molecule has 5 nitrogen and oxygen atoms in total. The number of pyridine rings is 1. The summed E-state index contributed by atoms with van der Waals surface area (Å²) in [7, 11) is 0. The van der Waals surface area contributed by atoms with Crippen LogP contribution in [0, 0.1) is 0 Å². The van der Waals surface area contributed by atoms with Crippen molar-refractivity contribution >= 4 is 45.1 Å². The van der Waals surface area contributed by atoms with Gasteiger partial charge in [-0.3, -0.25) is 9.78 Å². The number of halogens is 1. The maximum Gasteiger partial charge on any atom is 0.202 e. The summed E-state index contributed by atoms with van der Waals surface area (Å²) in [6, 6.07) is 18.6. The van der Waals surface area contributed by atoms with Crippen molar-refractivity contribution < 1.29 is 14.3 Å². The molecular formula is C27H19ClN2O3. The summed E-state index contributed by atoms with van der Waals surface area (Å²) in [4.78, 5) is 20.1. The molecule has 0 aliphatic heterocycles. The Labute approximate surface area is 195 Å². The van der Waals surface area contributed by atoms with E-state index in [9.17, 15) is 4.79 Å². The van der Waals surface area contributed by atoms with Gasteiger partial charge in [0.1, 0.15) is 17.2 Å². The van der Waals surface area contributed by atoms with Gasteiger partial charge in [-0.05, 0) is 59.3 Å². The van der Waals surface area contributed by atoms with E-state index in [-0.39, 0.29) is 12.4 Å². The van der Waals surface area contributed by atoms with Gasteiger partial charge in [-0.25, -0.2) is 0 Å². The number of Topliss-reactive ketones (excluding diaryl/α,β-unsaturated/α-hetero) is 1. The maximum atomic E-state index is 12.9. The number of aromatic amines is 1. The molecule has 3 aromatic carbocycles. The Balaban J connectivity index is 1.35. The second-order valence-corrected chi connectivity index (χ2v) is 7.93. The normalized spacial score (nSPS) is 10.9. The highest BCUT2D eigenvalue weighted by atomic mass is 35.5. The van der Waals surface area contributed by atoms with E-state index in [1.54, 1.807) is 24.7 Å². The second-order valence-electron chi connectivity index (χ2n) is 7.50. The van der Waals surface area contributed by atoms with Crippen LogP contribution in [0.25, 0.3) is 27.8 Å². The molecule has 0 spiro atoms. The molecule has 0 unspecified atom stereocenters. The van der Waals surface area contributed by atoms with Crippen molar-refractivity contribution in [2.75, 3.05) is 6.61 Å². The molecule has 0 atom stereocenters. The van der Waals surface area contributed by atoms with Crippen LogP contribution in [0.3, 0.4) is 0 Å². The summed E-state index contributed by atoms with van der Waals surface area (Å²) < 4.78 is 11.7. The van der Waals surface area contributed by atoms with Crippen molar-refractivity contribution in [3.63, 3.8) is 0 Å². The summed E-state index contributed by atoms with van der Waals surface area (Å²) in [6.07, 6.45) is 6.73. The van der Waals surface area contributed by atoms with Gasteiger partial charge in [-0.15, -0.1) is 0 Å². The molecule has 0 aliphatic rings. The van der Waals surface area contributed by atoms with Gasteiger partial charge < -0.3 is 14.5 Å². The van der Waals surface area contributed by atoms with Crippen molar-refractivity contribution in [3.05, 3.63) is 102 Å². The largest absolute Gasteiger partial charge is 0.485 e. The Morgan fingerprint density at radius 2 is 1.97 bits per heavy atom. The zero-order valence-electron chi connectivity index (χ0n) is 17.5. The summed E-state index contributed by atoms with van der Waals surface area (Å²) in [5, 5.41) is 3.42. The molecule has 0 aliphatic carbocycles. The van der Waals surface area contributed by atoms with E-state index in [2.05, 4.69) is 16.5 Å². The minimum absolute atomic E-state index is 0.0964.